The lowest BCUT2D eigenvalue weighted by Crippen LogP contribution is -2.27. The molecule has 2 atom stereocenters. The van der Waals surface area contributed by atoms with Gasteiger partial charge >= 0.3 is 6.18 Å². The van der Waals surface area contributed by atoms with Gasteiger partial charge in [0.15, 0.2) is 0 Å². The third-order valence-electron chi connectivity index (χ3n) is 3.69. The van der Waals surface area contributed by atoms with Gasteiger partial charge in [-0.1, -0.05) is 12.5 Å². The second-order valence-corrected chi connectivity index (χ2v) is 5.20. The van der Waals surface area contributed by atoms with E-state index in [4.69, 9.17) is 0 Å². The van der Waals surface area contributed by atoms with Crippen LogP contribution in [0, 0.1) is 11.7 Å². The predicted molar refractivity (Wildman–Crippen MR) is 66.5 cm³/mol. The van der Waals surface area contributed by atoms with Gasteiger partial charge < -0.3 is 10.4 Å². The van der Waals surface area contributed by atoms with E-state index in [-0.39, 0.29) is 18.6 Å². The summed E-state index contributed by atoms with van der Waals surface area (Å²) in [5.41, 5.74) is -0.857. The molecular weight excluding hydrogens is 274 g/mol. The molecule has 0 aliphatic heterocycles. The van der Waals surface area contributed by atoms with E-state index in [2.05, 4.69) is 5.32 Å². The predicted octanol–water partition coefficient (Wildman–Crippen LogP) is 3.10. The Balaban J connectivity index is 1.93. The molecule has 2 nitrogen and oxygen atoms in total. The van der Waals surface area contributed by atoms with Crippen LogP contribution in [0.2, 0.25) is 0 Å². The topological polar surface area (TPSA) is 32.3 Å². The Morgan fingerprint density at radius 2 is 2.00 bits per heavy atom. The number of aliphatic hydroxyl groups excluding tert-OH is 1. The zero-order valence-electron chi connectivity index (χ0n) is 10.9. The lowest BCUT2D eigenvalue weighted by molar-refractivity contribution is -0.140. The lowest BCUT2D eigenvalue weighted by atomic mass is 10.1. The lowest BCUT2D eigenvalue weighted by Gasteiger charge is -2.15. The Hall–Kier alpha value is -1.14. The van der Waals surface area contributed by atoms with Crippen molar-refractivity contribution in [2.45, 2.75) is 38.1 Å². The average Bonchev–Trinajstić information content (AvgIpc) is 2.76. The highest BCUT2D eigenvalue weighted by atomic mass is 19.4. The van der Waals surface area contributed by atoms with Gasteiger partial charge in [0, 0.05) is 13.1 Å². The molecule has 1 aromatic rings. The molecule has 0 bridgehead atoms. The fraction of sp³-hybridized carbons (Fsp3) is 0.571. The number of alkyl halides is 3. The second kappa shape index (κ2) is 6.10. The molecule has 2 rings (SSSR count). The van der Waals surface area contributed by atoms with Crippen LogP contribution in [0.4, 0.5) is 17.6 Å². The Morgan fingerprint density at radius 1 is 1.25 bits per heavy atom. The van der Waals surface area contributed by atoms with Crippen molar-refractivity contribution in [3.05, 3.63) is 35.1 Å². The fourth-order valence-electron chi connectivity index (χ4n) is 2.56. The van der Waals surface area contributed by atoms with E-state index in [1.165, 1.54) is 6.07 Å². The average molecular weight is 291 g/mol. The zero-order chi connectivity index (χ0) is 14.8. The molecule has 1 aliphatic carbocycles. The van der Waals surface area contributed by atoms with E-state index >= 15 is 0 Å². The van der Waals surface area contributed by atoms with Crippen LogP contribution in [0.5, 0.6) is 0 Å². The number of aliphatic hydroxyl groups is 1. The number of hydrogen-bond acceptors (Lipinski definition) is 2. The summed E-state index contributed by atoms with van der Waals surface area (Å²) in [4.78, 5) is 0. The molecule has 0 heterocycles. The molecule has 2 N–H and O–H groups in total. The van der Waals surface area contributed by atoms with Crippen molar-refractivity contribution >= 4 is 0 Å². The molecule has 0 spiro atoms. The van der Waals surface area contributed by atoms with Crippen LogP contribution in [0.25, 0.3) is 0 Å². The molecule has 1 fully saturated rings. The summed E-state index contributed by atoms with van der Waals surface area (Å²) in [5, 5.41) is 12.7. The standard InChI is InChI=1S/C14H17F4NO/c15-12-5-4-9(6-11(12)14(16,17)18)7-19-8-10-2-1-3-13(10)20/h4-6,10,13,19-20H,1-3,7-8H2. The first kappa shape index (κ1) is 15.3. The van der Waals surface area contributed by atoms with E-state index in [0.717, 1.165) is 31.4 Å². The molecule has 2 unspecified atom stereocenters. The monoisotopic (exact) mass is 291 g/mol. The summed E-state index contributed by atoms with van der Waals surface area (Å²) >= 11 is 0. The SMILES string of the molecule is OC1CCCC1CNCc1ccc(F)c(C(F)(F)F)c1. The van der Waals surface area contributed by atoms with Gasteiger partial charge in [0.2, 0.25) is 0 Å². The molecular formula is C14H17F4NO. The Morgan fingerprint density at radius 3 is 2.60 bits per heavy atom. The van der Waals surface area contributed by atoms with Gasteiger partial charge in [0.05, 0.1) is 11.7 Å². The number of hydrogen-bond donors (Lipinski definition) is 2. The first-order valence-corrected chi connectivity index (χ1v) is 6.62. The maximum atomic E-state index is 13.1. The van der Waals surface area contributed by atoms with Crippen molar-refractivity contribution in [1.29, 1.82) is 0 Å². The molecule has 0 radical (unpaired) electrons. The molecule has 0 amide bonds. The minimum absolute atomic E-state index is 0.150. The molecule has 0 saturated heterocycles. The number of rotatable bonds is 4. The number of nitrogens with one attached hydrogen (secondary N) is 1. The van der Waals surface area contributed by atoms with Gasteiger partial charge in [0.25, 0.3) is 0 Å². The third kappa shape index (κ3) is 3.70. The first-order valence-electron chi connectivity index (χ1n) is 6.62. The highest BCUT2D eigenvalue weighted by Crippen LogP contribution is 2.32. The van der Waals surface area contributed by atoms with Crippen LogP contribution in [0.1, 0.15) is 30.4 Å². The summed E-state index contributed by atoms with van der Waals surface area (Å²) in [6.45, 7) is 0.784. The van der Waals surface area contributed by atoms with Crippen LogP contribution in [-0.4, -0.2) is 17.8 Å². The van der Waals surface area contributed by atoms with Crippen LogP contribution >= 0.6 is 0 Å². The van der Waals surface area contributed by atoms with Crippen molar-refractivity contribution in [3.63, 3.8) is 0 Å². The van der Waals surface area contributed by atoms with Crippen LogP contribution in [-0.2, 0) is 12.7 Å². The van der Waals surface area contributed by atoms with Crippen molar-refractivity contribution in [1.82, 2.24) is 5.32 Å². The van der Waals surface area contributed by atoms with Gasteiger partial charge in [-0.3, -0.25) is 0 Å². The smallest absolute Gasteiger partial charge is 0.393 e. The van der Waals surface area contributed by atoms with Crippen LogP contribution < -0.4 is 5.32 Å². The Labute approximate surface area is 114 Å². The van der Waals surface area contributed by atoms with Gasteiger partial charge in [-0.05, 0) is 36.5 Å². The van der Waals surface area contributed by atoms with Gasteiger partial charge in [0.1, 0.15) is 5.82 Å². The van der Waals surface area contributed by atoms with Crippen LogP contribution in [0.3, 0.4) is 0 Å². The normalized spacial score (nSPS) is 23.2. The molecule has 20 heavy (non-hydrogen) atoms. The van der Waals surface area contributed by atoms with E-state index in [9.17, 15) is 22.7 Å². The molecule has 1 saturated carbocycles. The van der Waals surface area contributed by atoms with Crippen molar-refractivity contribution in [2.75, 3.05) is 6.54 Å². The summed E-state index contributed by atoms with van der Waals surface area (Å²) in [5.74, 6) is -1.11. The second-order valence-electron chi connectivity index (χ2n) is 5.20. The molecule has 6 heteroatoms. The summed E-state index contributed by atoms with van der Waals surface area (Å²) < 4.78 is 50.8. The Bertz CT molecular complexity index is 461. The van der Waals surface area contributed by atoms with Crippen LogP contribution in [0.15, 0.2) is 18.2 Å². The van der Waals surface area contributed by atoms with E-state index < -0.39 is 17.6 Å². The molecule has 0 aromatic heterocycles. The maximum Gasteiger partial charge on any atom is 0.419 e. The number of benzene rings is 1. The summed E-state index contributed by atoms with van der Waals surface area (Å²) in [6.07, 6.45) is -2.34. The highest BCUT2D eigenvalue weighted by Gasteiger charge is 2.34. The minimum atomic E-state index is -4.68. The largest absolute Gasteiger partial charge is 0.419 e. The minimum Gasteiger partial charge on any atom is -0.393 e. The summed E-state index contributed by atoms with van der Waals surface area (Å²) in [6, 6.07) is 3.00. The van der Waals surface area contributed by atoms with E-state index in [1.54, 1.807) is 0 Å². The summed E-state index contributed by atoms with van der Waals surface area (Å²) in [7, 11) is 0. The fourth-order valence-corrected chi connectivity index (χ4v) is 2.56. The van der Waals surface area contributed by atoms with Gasteiger partial charge in [-0.25, -0.2) is 4.39 Å². The van der Waals surface area contributed by atoms with Gasteiger partial charge in [-0.15, -0.1) is 0 Å². The highest BCUT2D eigenvalue weighted by molar-refractivity contribution is 5.27. The Kier molecular flexibility index (Phi) is 4.65. The quantitative estimate of drug-likeness (QED) is 0.836. The van der Waals surface area contributed by atoms with Crippen molar-refractivity contribution in [3.8, 4) is 0 Å². The van der Waals surface area contributed by atoms with E-state index in [0.29, 0.717) is 12.1 Å². The maximum absolute atomic E-state index is 13.1. The number of halogens is 4. The first-order chi connectivity index (χ1) is 9.38. The van der Waals surface area contributed by atoms with E-state index in [1.807, 2.05) is 0 Å². The van der Waals surface area contributed by atoms with Crippen molar-refractivity contribution in [2.24, 2.45) is 5.92 Å². The molecule has 112 valence electrons. The van der Waals surface area contributed by atoms with Gasteiger partial charge in [-0.2, -0.15) is 13.2 Å². The zero-order valence-corrected chi connectivity index (χ0v) is 10.9. The van der Waals surface area contributed by atoms with Crippen molar-refractivity contribution < 1.29 is 22.7 Å². The molecule has 1 aromatic carbocycles. The third-order valence-corrected chi connectivity index (χ3v) is 3.69. The molecule has 1 aliphatic rings.